The second-order valence-corrected chi connectivity index (χ2v) is 6.45. The minimum atomic E-state index is -0.642. The van der Waals surface area contributed by atoms with E-state index in [2.05, 4.69) is 18.7 Å². The highest BCUT2D eigenvalue weighted by Crippen LogP contribution is 2.40. The van der Waals surface area contributed by atoms with Gasteiger partial charge in [0.05, 0.1) is 5.92 Å². The fourth-order valence-electron chi connectivity index (χ4n) is 3.29. The molecule has 1 spiro atoms. The lowest BCUT2D eigenvalue weighted by Gasteiger charge is -2.53. The van der Waals surface area contributed by atoms with Crippen LogP contribution in [0.1, 0.15) is 33.1 Å². The van der Waals surface area contributed by atoms with E-state index in [1.165, 1.54) is 0 Å². The molecule has 2 aliphatic rings. The van der Waals surface area contributed by atoms with E-state index in [0.29, 0.717) is 11.3 Å². The molecule has 104 valence electrons. The van der Waals surface area contributed by atoms with Gasteiger partial charge in [-0.15, -0.1) is 0 Å². The van der Waals surface area contributed by atoms with E-state index in [-0.39, 0.29) is 5.92 Å². The molecule has 0 aromatic rings. The van der Waals surface area contributed by atoms with Crippen molar-refractivity contribution in [1.29, 1.82) is 0 Å². The number of rotatable bonds is 5. The van der Waals surface area contributed by atoms with Crippen LogP contribution in [0.25, 0.3) is 0 Å². The zero-order valence-electron chi connectivity index (χ0n) is 11.5. The highest BCUT2D eigenvalue weighted by atomic mass is 16.5. The van der Waals surface area contributed by atoms with Crippen molar-refractivity contribution < 1.29 is 14.6 Å². The summed E-state index contributed by atoms with van der Waals surface area (Å²) in [6.07, 6.45) is 3.07. The molecule has 1 N–H and O–H groups in total. The summed E-state index contributed by atoms with van der Waals surface area (Å²) < 4.78 is 5.40. The van der Waals surface area contributed by atoms with Gasteiger partial charge in [-0.2, -0.15) is 0 Å². The summed E-state index contributed by atoms with van der Waals surface area (Å²) >= 11 is 0. The monoisotopic (exact) mass is 255 g/mol. The highest BCUT2D eigenvalue weighted by Gasteiger charge is 2.44. The van der Waals surface area contributed by atoms with Gasteiger partial charge in [0, 0.05) is 38.3 Å². The number of carboxylic acid groups (broad SMARTS) is 1. The summed E-state index contributed by atoms with van der Waals surface area (Å²) in [5.74, 6) is -0.400. The van der Waals surface area contributed by atoms with Crippen molar-refractivity contribution >= 4 is 5.97 Å². The first-order valence-corrected chi connectivity index (χ1v) is 7.04. The van der Waals surface area contributed by atoms with E-state index < -0.39 is 5.97 Å². The summed E-state index contributed by atoms with van der Waals surface area (Å²) in [7, 11) is 0. The van der Waals surface area contributed by atoms with Gasteiger partial charge in [0.25, 0.3) is 0 Å². The minimum absolute atomic E-state index is 0.206. The molecule has 0 aromatic heterocycles. The summed E-state index contributed by atoms with van der Waals surface area (Å²) in [5.41, 5.74) is 0.444. The van der Waals surface area contributed by atoms with Crippen LogP contribution in [0.4, 0.5) is 0 Å². The Morgan fingerprint density at radius 3 is 2.44 bits per heavy atom. The number of likely N-dealkylation sites (tertiary alicyclic amines) is 1. The van der Waals surface area contributed by atoms with E-state index in [4.69, 9.17) is 4.74 Å². The number of hydrogen-bond acceptors (Lipinski definition) is 3. The van der Waals surface area contributed by atoms with Crippen molar-refractivity contribution in [3.8, 4) is 0 Å². The van der Waals surface area contributed by atoms with E-state index in [0.717, 1.165) is 52.1 Å². The van der Waals surface area contributed by atoms with Gasteiger partial charge in [-0.1, -0.05) is 13.8 Å². The van der Waals surface area contributed by atoms with Crippen molar-refractivity contribution in [3.05, 3.63) is 0 Å². The second-order valence-electron chi connectivity index (χ2n) is 6.45. The third kappa shape index (κ3) is 3.23. The molecule has 0 aliphatic carbocycles. The van der Waals surface area contributed by atoms with Crippen molar-refractivity contribution in [2.75, 3.05) is 32.8 Å². The minimum Gasteiger partial charge on any atom is -0.481 e. The van der Waals surface area contributed by atoms with Crippen LogP contribution in [0.5, 0.6) is 0 Å². The molecule has 0 radical (unpaired) electrons. The third-order valence-corrected chi connectivity index (χ3v) is 4.26. The highest BCUT2D eigenvalue weighted by molar-refractivity contribution is 5.70. The molecule has 2 saturated heterocycles. The molecule has 4 nitrogen and oxygen atoms in total. The number of carbonyl (C=O) groups is 1. The zero-order valence-corrected chi connectivity index (χ0v) is 11.5. The SMILES string of the molecule is CC(C)CC(CN1CC2(CCOCC2)C1)C(=O)O. The lowest BCUT2D eigenvalue weighted by molar-refractivity contribution is -0.146. The normalized spacial score (nSPS) is 25.1. The van der Waals surface area contributed by atoms with Crippen LogP contribution in [0, 0.1) is 17.3 Å². The molecule has 18 heavy (non-hydrogen) atoms. The molecule has 2 aliphatic heterocycles. The third-order valence-electron chi connectivity index (χ3n) is 4.26. The van der Waals surface area contributed by atoms with Gasteiger partial charge in [-0.25, -0.2) is 0 Å². The van der Waals surface area contributed by atoms with Crippen LogP contribution in [-0.4, -0.2) is 48.8 Å². The topological polar surface area (TPSA) is 49.8 Å². The van der Waals surface area contributed by atoms with Crippen molar-refractivity contribution in [2.45, 2.75) is 33.1 Å². The van der Waals surface area contributed by atoms with Crippen LogP contribution in [0.3, 0.4) is 0 Å². The van der Waals surface area contributed by atoms with E-state index >= 15 is 0 Å². The molecule has 1 atom stereocenters. The maximum Gasteiger partial charge on any atom is 0.307 e. The zero-order chi connectivity index (χ0) is 13.2. The Morgan fingerprint density at radius 2 is 1.94 bits per heavy atom. The molecule has 2 heterocycles. The number of ether oxygens (including phenoxy) is 1. The largest absolute Gasteiger partial charge is 0.481 e. The summed E-state index contributed by atoms with van der Waals surface area (Å²) in [4.78, 5) is 13.5. The first-order valence-electron chi connectivity index (χ1n) is 7.04. The van der Waals surface area contributed by atoms with Crippen LogP contribution in [-0.2, 0) is 9.53 Å². The summed E-state index contributed by atoms with van der Waals surface area (Å²) in [5, 5.41) is 9.25. The van der Waals surface area contributed by atoms with Crippen molar-refractivity contribution in [1.82, 2.24) is 4.90 Å². The van der Waals surface area contributed by atoms with Gasteiger partial charge in [0.2, 0.25) is 0 Å². The fraction of sp³-hybridized carbons (Fsp3) is 0.929. The quantitative estimate of drug-likeness (QED) is 0.814. The lowest BCUT2D eigenvalue weighted by atomic mass is 9.73. The maximum atomic E-state index is 11.2. The van der Waals surface area contributed by atoms with Crippen molar-refractivity contribution in [3.63, 3.8) is 0 Å². The average molecular weight is 255 g/mol. The molecule has 2 rings (SSSR count). The molecule has 0 amide bonds. The fourth-order valence-corrected chi connectivity index (χ4v) is 3.29. The van der Waals surface area contributed by atoms with Gasteiger partial charge >= 0.3 is 5.97 Å². The van der Waals surface area contributed by atoms with Gasteiger partial charge in [0.15, 0.2) is 0 Å². The number of aliphatic carboxylic acids is 1. The second kappa shape index (κ2) is 5.57. The smallest absolute Gasteiger partial charge is 0.307 e. The first-order chi connectivity index (χ1) is 8.51. The Bertz CT molecular complexity index is 289. The van der Waals surface area contributed by atoms with Gasteiger partial charge in [0.1, 0.15) is 0 Å². The molecular weight excluding hydrogens is 230 g/mol. The van der Waals surface area contributed by atoms with Crippen LogP contribution in [0.2, 0.25) is 0 Å². The van der Waals surface area contributed by atoms with Crippen LogP contribution < -0.4 is 0 Å². The van der Waals surface area contributed by atoms with Gasteiger partial charge < -0.3 is 14.7 Å². The summed E-state index contributed by atoms with van der Waals surface area (Å²) in [6.45, 7) is 8.79. The Kier molecular flexibility index (Phi) is 4.28. The van der Waals surface area contributed by atoms with E-state index in [9.17, 15) is 9.90 Å². The Hall–Kier alpha value is -0.610. The lowest BCUT2D eigenvalue weighted by Crippen LogP contribution is -2.59. The van der Waals surface area contributed by atoms with E-state index in [1.807, 2.05) is 0 Å². The standard InChI is InChI=1S/C14H25NO3/c1-11(2)7-12(13(16)17)8-15-9-14(10-15)3-5-18-6-4-14/h11-12H,3-10H2,1-2H3,(H,16,17). The molecular formula is C14H25NO3. The number of carboxylic acids is 1. The molecule has 4 heteroatoms. The predicted octanol–water partition coefficient (Wildman–Crippen LogP) is 1.85. The number of nitrogens with zero attached hydrogens (tertiary/aromatic N) is 1. The van der Waals surface area contributed by atoms with E-state index in [1.54, 1.807) is 0 Å². The maximum absolute atomic E-state index is 11.2. The van der Waals surface area contributed by atoms with Crippen LogP contribution >= 0.6 is 0 Å². The Morgan fingerprint density at radius 1 is 1.33 bits per heavy atom. The number of hydrogen-bond donors (Lipinski definition) is 1. The average Bonchev–Trinajstić information content (AvgIpc) is 2.26. The predicted molar refractivity (Wildman–Crippen MR) is 69.5 cm³/mol. The Balaban J connectivity index is 1.78. The molecule has 0 bridgehead atoms. The molecule has 2 fully saturated rings. The molecule has 1 unspecified atom stereocenters. The molecule has 0 aromatic carbocycles. The van der Waals surface area contributed by atoms with Crippen LogP contribution in [0.15, 0.2) is 0 Å². The van der Waals surface area contributed by atoms with Gasteiger partial charge in [-0.3, -0.25) is 4.79 Å². The molecule has 0 saturated carbocycles. The Labute approximate surface area is 109 Å². The first kappa shape index (κ1) is 13.8. The van der Waals surface area contributed by atoms with Crippen molar-refractivity contribution in [2.24, 2.45) is 17.3 Å². The summed E-state index contributed by atoms with van der Waals surface area (Å²) in [6, 6.07) is 0. The van der Waals surface area contributed by atoms with Gasteiger partial charge in [-0.05, 0) is 25.2 Å².